The largest absolute Gasteiger partial charge is 0.496 e. The number of carbonyl (C=O) groups is 1. The second-order valence-electron chi connectivity index (χ2n) is 7.29. The number of fused-ring (bicyclic) bond motifs is 1. The average molecular weight is 376 g/mol. The molecule has 6 heteroatoms. The van der Waals surface area contributed by atoms with Gasteiger partial charge in [0.2, 0.25) is 11.9 Å². The van der Waals surface area contributed by atoms with Gasteiger partial charge in [-0.3, -0.25) is 9.69 Å². The maximum atomic E-state index is 13.1. The molecule has 1 aliphatic rings. The number of ether oxygens (including phenoxy) is 1. The van der Waals surface area contributed by atoms with E-state index in [1.807, 2.05) is 54.9 Å². The fourth-order valence-electron chi connectivity index (χ4n) is 3.88. The molecule has 1 amide bonds. The van der Waals surface area contributed by atoms with Crippen molar-refractivity contribution in [1.29, 1.82) is 0 Å². The Balaban J connectivity index is 1.87. The molecule has 1 aromatic heterocycles. The van der Waals surface area contributed by atoms with Gasteiger partial charge in [-0.05, 0) is 18.1 Å². The fourth-order valence-corrected chi connectivity index (χ4v) is 3.88. The number of para-hydroxylation sites is 1. The van der Waals surface area contributed by atoms with E-state index in [0.717, 1.165) is 16.9 Å². The van der Waals surface area contributed by atoms with Crippen molar-refractivity contribution >= 4 is 11.9 Å². The summed E-state index contributed by atoms with van der Waals surface area (Å²) in [5, 5.41) is 4.47. The SMILES string of the molecule is COc1ccccc1[C@H]1C[C@@H](c2ccccc2)N(C(=O)C(C)C)c2ncnn21. The van der Waals surface area contributed by atoms with Crippen molar-refractivity contribution in [1.82, 2.24) is 14.8 Å². The van der Waals surface area contributed by atoms with Crippen LogP contribution in [0.25, 0.3) is 0 Å². The zero-order valence-electron chi connectivity index (χ0n) is 16.3. The van der Waals surface area contributed by atoms with Crippen LogP contribution in [0.5, 0.6) is 5.75 Å². The highest BCUT2D eigenvalue weighted by atomic mass is 16.5. The number of carbonyl (C=O) groups excluding carboxylic acids is 1. The van der Waals surface area contributed by atoms with Crippen LogP contribution in [0.3, 0.4) is 0 Å². The van der Waals surface area contributed by atoms with E-state index in [2.05, 4.69) is 28.3 Å². The smallest absolute Gasteiger partial charge is 0.232 e. The Kier molecular flexibility index (Phi) is 4.86. The molecule has 2 heterocycles. The molecule has 0 radical (unpaired) electrons. The molecule has 0 bridgehead atoms. The molecule has 2 atom stereocenters. The van der Waals surface area contributed by atoms with Crippen molar-refractivity contribution in [3.63, 3.8) is 0 Å². The van der Waals surface area contributed by atoms with Crippen LogP contribution in [0.1, 0.15) is 43.5 Å². The van der Waals surface area contributed by atoms with Gasteiger partial charge in [0.15, 0.2) is 0 Å². The highest BCUT2D eigenvalue weighted by Gasteiger charge is 2.40. The summed E-state index contributed by atoms with van der Waals surface area (Å²) in [7, 11) is 1.67. The van der Waals surface area contributed by atoms with Gasteiger partial charge in [0.05, 0.1) is 19.2 Å². The van der Waals surface area contributed by atoms with Gasteiger partial charge in [0, 0.05) is 11.5 Å². The summed E-state index contributed by atoms with van der Waals surface area (Å²) in [6, 6.07) is 17.9. The van der Waals surface area contributed by atoms with E-state index in [0.29, 0.717) is 12.4 Å². The Bertz CT molecular complexity index is 967. The number of benzene rings is 2. The summed E-state index contributed by atoms with van der Waals surface area (Å²) in [4.78, 5) is 19.4. The van der Waals surface area contributed by atoms with Crippen LogP contribution in [-0.4, -0.2) is 27.8 Å². The number of hydrogen-bond donors (Lipinski definition) is 0. The summed E-state index contributed by atoms with van der Waals surface area (Å²) in [5.41, 5.74) is 2.12. The predicted molar refractivity (Wildman–Crippen MR) is 107 cm³/mol. The molecule has 3 aromatic rings. The molecule has 2 aromatic carbocycles. The van der Waals surface area contributed by atoms with E-state index in [4.69, 9.17) is 4.74 Å². The van der Waals surface area contributed by atoms with Crippen molar-refractivity contribution in [3.8, 4) is 5.75 Å². The second kappa shape index (κ2) is 7.46. The average Bonchev–Trinajstić information content (AvgIpc) is 3.22. The van der Waals surface area contributed by atoms with Crippen LogP contribution in [0.4, 0.5) is 5.95 Å². The topological polar surface area (TPSA) is 60.2 Å². The van der Waals surface area contributed by atoms with Crippen molar-refractivity contribution in [3.05, 3.63) is 72.1 Å². The van der Waals surface area contributed by atoms with Crippen molar-refractivity contribution in [2.24, 2.45) is 5.92 Å². The molecular weight excluding hydrogens is 352 g/mol. The number of anilines is 1. The summed E-state index contributed by atoms with van der Waals surface area (Å²) in [5.74, 6) is 1.29. The molecule has 1 aliphatic heterocycles. The van der Waals surface area contributed by atoms with Crippen molar-refractivity contribution in [2.45, 2.75) is 32.4 Å². The normalized spacial score (nSPS) is 18.8. The second-order valence-corrected chi connectivity index (χ2v) is 7.29. The van der Waals surface area contributed by atoms with Gasteiger partial charge in [-0.1, -0.05) is 62.4 Å². The van der Waals surface area contributed by atoms with Crippen molar-refractivity contribution in [2.75, 3.05) is 12.0 Å². The summed E-state index contributed by atoms with van der Waals surface area (Å²) >= 11 is 0. The molecule has 0 unspecified atom stereocenters. The Labute approximate surface area is 164 Å². The van der Waals surface area contributed by atoms with E-state index in [-0.39, 0.29) is 23.9 Å². The number of methoxy groups -OCH3 is 1. The van der Waals surface area contributed by atoms with Crippen LogP contribution in [0.15, 0.2) is 60.9 Å². The lowest BCUT2D eigenvalue weighted by Crippen LogP contribution is -2.44. The first-order chi connectivity index (χ1) is 13.6. The van der Waals surface area contributed by atoms with Gasteiger partial charge >= 0.3 is 0 Å². The maximum Gasteiger partial charge on any atom is 0.232 e. The number of hydrogen-bond acceptors (Lipinski definition) is 4. The Morgan fingerprint density at radius 1 is 1.07 bits per heavy atom. The minimum absolute atomic E-state index is 0.0431. The quantitative estimate of drug-likeness (QED) is 0.690. The molecule has 6 nitrogen and oxygen atoms in total. The summed E-state index contributed by atoms with van der Waals surface area (Å²) in [6.07, 6.45) is 2.21. The van der Waals surface area contributed by atoms with Crippen molar-refractivity contribution < 1.29 is 9.53 Å². The van der Waals surface area contributed by atoms with Gasteiger partial charge in [0.1, 0.15) is 12.1 Å². The third-order valence-electron chi connectivity index (χ3n) is 5.24. The highest BCUT2D eigenvalue weighted by molar-refractivity contribution is 5.94. The third kappa shape index (κ3) is 3.05. The third-order valence-corrected chi connectivity index (χ3v) is 5.24. The lowest BCUT2D eigenvalue weighted by atomic mass is 9.91. The van der Waals surface area contributed by atoms with E-state index >= 15 is 0 Å². The molecule has 0 aliphatic carbocycles. The first-order valence-corrected chi connectivity index (χ1v) is 9.52. The number of aromatic nitrogens is 3. The van der Waals surface area contributed by atoms with E-state index < -0.39 is 0 Å². The van der Waals surface area contributed by atoms with E-state index in [1.165, 1.54) is 6.33 Å². The molecule has 0 saturated heterocycles. The van der Waals surface area contributed by atoms with Gasteiger partial charge in [-0.2, -0.15) is 10.1 Å². The minimum atomic E-state index is -0.140. The minimum Gasteiger partial charge on any atom is -0.496 e. The zero-order chi connectivity index (χ0) is 19.7. The maximum absolute atomic E-state index is 13.1. The lowest BCUT2D eigenvalue weighted by Gasteiger charge is -2.40. The van der Waals surface area contributed by atoms with Gasteiger partial charge in [-0.15, -0.1) is 0 Å². The molecule has 4 rings (SSSR count). The van der Waals surface area contributed by atoms with E-state index in [1.54, 1.807) is 12.0 Å². The van der Waals surface area contributed by atoms with Crippen LogP contribution < -0.4 is 9.64 Å². The fraction of sp³-hybridized carbons (Fsp3) is 0.318. The summed E-state index contributed by atoms with van der Waals surface area (Å²) in [6.45, 7) is 3.83. The van der Waals surface area contributed by atoms with Crippen LogP contribution >= 0.6 is 0 Å². The predicted octanol–water partition coefficient (Wildman–Crippen LogP) is 4.01. The summed E-state index contributed by atoms with van der Waals surface area (Å²) < 4.78 is 7.45. The number of rotatable bonds is 4. The van der Waals surface area contributed by atoms with Gasteiger partial charge in [0.25, 0.3) is 0 Å². The number of amides is 1. The van der Waals surface area contributed by atoms with Crippen LogP contribution in [-0.2, 0) is 4.79 Å². The first kappa shape index (κ1) is 18.2. The monoisotopic (exact) mass is 376 g/mol. The van der Waals surface area contributed by atoms with Gasteiger partial charge in [-0.25, -0.2) is 4.68 Å². The van der Waals surface area contributed by atoms with Crippen LogP contribution in [0, 0.1) is 5.92 Å². The Morgan fingerprint density at radius 3 is 2.50 bits per heavy atom. The van der Waals surface area contributed by atoms with E-state index in [9.17, 15) is 4.79 Å². The van der Waals surface area contributed by atoms with Gasteiger partial charge < -0.3 is 4.74 Å². The highest BCUT2D eigenvalue weighted by Crippen LogP contribution is 2.44. The molecule has 0 fully saturated rings. The lowest BCUT2D eigenvalue weighted by molar-refractivity contribution is -0.122. The van der Waals surface area contributed by atoms with Crippen LogP contribution in [0.2, 0.25) is 0 Å². The number of nitrogens with zero attached hydrogens (tertiary/aromatic N) is 4. The molecular formula is C22H24N4O2. The Morgan fingerprint density at radius 2 is 1.79 bits per heavy atom. The molecule has 0 saturated carbocycles. The zero-order valence-corrected chi connectivity index (χ0v) is 16.3. The first-order valence-electron chi connectivity index (χ1n) is 9.52. The molecule has 0 N–H and O–H groups in total. The molecule has 28 heavy (non-hydrogen) atoms. The molecule has 0 spiro atoms. The molecule has 144 valence electrons. The standard InChI is InChI=1S/C22H24N4O2/c1-15(2)21(27)25-18(16-9-5-4-6-10-16)13-19(26-22(25)23-14-24-26)17-11-7-8-12-20(17)28-3/h4-12,14-15,18-19H,13H2,1-3H3/t18-,19+/m0/s1. The Hall–Kier alpha value is -3.15.